The third-order valence-corrected chi connectivity index (χ3v) is 5.97. The largest absolute Gasteiger partial charge is 0.469 e. The fourth-order valence-electron chi connectivity index (χ4n) is 4.11. The number of esters is 1. The van der Waals surface area contributed by atoms with Crippen LogP contribution in [-0.2, 0) is 9.53 Å². The molecule has 37 heavy (non-hydrogen) atoms. The number of carbonyl (C=O) groups is 1. The van der Waals surface area contributed by atoms with Crippen LogP contribution in [0.25, 0.3) is 5.57 Å². The zero-order chi connectivity index (χ0) is 27.9. The first-order chi connectivity index (χ1) is 17.5. The number of nitrogens with zero attached hydrogens (tertiary/aromatic N) is 4. The number of halogens is 1. The quantitative estimate of drug-likeness (QED) is 0.246. The number of aromatic nitrogens is 2. The van der Waals surface area contributed by atoms with Gasteiger partial charge in [-0.25, -0.2) is 19.4 Å². The number of nitrogens with two attached hydrogens (primary N) is 2. The molecule has 2 aromatic rings. The second-order valence-electron chi connectivity index (χ2n) is 8.50. The van der Waals surface area contributed by atoms with Crippen molar-refractivity contribution in [2.75, 3.05) is 25.9 Å². The number of benzene rings is 1. The lowest BCUT2D eigenvalue weighted by Gasteiger charge is -2.24. The molecule has 0 saturated carbocycles. The molecule has 1 aromatic heterocycles. The number of aliphatic imine (C=N–C) groups is 1. The van der Waals surface area contributed by atoms with Gasteiger partial charge >= 0.3 is 5.97 Å². The molecule has 3 rings (SSSR count). The van der Waals surface area contributed by atoms with Crippen molar-refractivity contribution in [1.82, 2.24) is 14.9 Å². The summed E-state index contributed by atoms with van der Waals surface area (Å²) in [5, 5.41) is 0. The lowest BCUT2D eigenvalue weighted by molar-refractivity contribution is -0.145. The SMILES string of the molecule is C=C(/N=C(C)\C(=C(/C)N1CC(N)C(C(=O)OC)C1)c1cc(F)cc(C)c1N)Oc1cnc(C)nc1.CC. The fraction of sp³-hybridized carbons (Fsp3) is 0.407. The van der Waals surface area contributed by atoms with E-state index >= 15 is 0 Å². The second-order valence-corrected chi connectivity index (χ2v) is 8.50. The Kier molecular flexibility index (Phi) is 10.3. The number of aryl methyl sites for hydroxylation is 2. The number of carbonyl (C=O) groups excluding carboxylic acids is 1. The monoisotopic (exact) mass is 512 g/mol. The molecule has 0 radical (unpaired) electrons. The Morgan fingerprint density at radius 2 is 1.81 bits per heavy atom. The van der Waals surface area contributed by atoms with Crippen LogP contribution in [0.1, 0.15) is 44.6 Å². The molecule has 0 amide bonds. The van der Waals surface area contributed by atoms with Crippen molar-refractivity contribution in [3.05, 3.63) is 65.5 Å². The normalized spacial score (nSPS) is 18.0. The van der Waals surface area contributed by atoms with Crippen LogP contribution < -0.4 is 16.2 Å². The van der Waals surface area contributed by atoms with Gasteiger partial charge in [-0.15, -0.1) is 0 Å². The Balaban J connectivity index is 0.00000235. The summed E-state index contributed by atoms with van der Waals surface area (Å²) in [6.45, 7) is 15.8. The molecule has 0 aliphatic carbocycles. The van der Waals surface area contributed by atoms with E-state index in [0.29, 0.717) is 52.8 Å². The Labute approximate surface area is 218 Å². The number of hydrogen-bond acceptors (Lipinski definition) is 9. The van der Waals surface area contributed by atoms with Crippen LogP contribution in [0.5, 0.6) is 5.75 Å². The zero-order valence-electron chi connectivity index (χ0n) is 22.6. The highest BCUT2D eigenvalue weighted by Gasteiger charge is 2.37. The molecule has 2 heterocycles. The molecule has 10 heteroatoms. The number of ether oxygens (including phenoxy) is 2. The minimum absolute atomic E-state index is 0.0949. The van der Waals surface area contributed by atoms with E-state index in [9.17, 15) is 9.18 Å². The van der Waals surface area contributed by atoms with Crippen LogP contribution in [0.4, 0.5) is 10.1 Å². The van der Waals surface area contributed by atoms with E-state index in [1.54, 1.807) is 20.8 Å². The highest BCUT2D eigenvalue weighted by molar-refractivity contribution is 6.25. The van der Waals surface area contributed by atoms with Crippen LogP contribution in [0.15, 0.2) is 47.7 Å². The van der Waals surface area contributed by atoms with Crippen molar-refractivity contribution >= 4 is 22.9 Å². The summed E-state index contributed by atoms with van der Waals surface area (Å²) in [6, 6.07) is 2.32. The Morgan fingerprint density at radius 1 is 1.19 bits per heavy atom. The van der Waals surface area contributed by atoms with Crippen molar-refractivity contribution in [3.63, 3.8) is 0 Å². The zero-order valence-corrected chi connectivity index (χ0v) is 22.6. The number of likely N-dealkylation sites (tertiary alicyclic amines) is 1. The maximum atomic E-state index is 14.5. The van der Waals surface area contributed by atoms with Gasteiger partial charge in [-0.3, -0.25) is 4.79 Å². The lowest BCUT2D eigenvalue weighted by Crippen LogP contribution is -2.34. The molecule has 1 aliphatic heterocycles. The Hall–Kier alpha value is -3.79. The first-order valence-corrected chi connectivity index (χ1v) is 12.1. The van der Waals surface area contributed by atoms with Crippen molar-refractivity contribution < 1.29 is 18.7 Å². The van der Waals surface area contributed by atoms with Crippen molar-refractivity contribution in [2.45, 2.75) is 47.6 Å². The van der Waals surface area contributed by atoms with Gasteiger partial charge in [0, 0.05) is 41.7 Å². The summed E-state index contributed by atoms with van der Waals surface area (Å²) in [5.41, 5.74) is 15.9. The van der Waals surface area contributed by atoms with Crippen molar-refractivity contribution in [1.29, 1.82) is 0 Å². The smallest absolute Gasteiger partial charge is 0.312 e. The first-order valence-electron chi connectivity index (χ1n) is 12.1. The molecule has 0 bridgehead atoms. The summed E-state index contributed by atoms with van der Waals surface area (Å²) in [5.74, 6) is -0.205. The van der Waals surface area contributed by atoms with Gasteiger partial charge in [0.1, 0.15) is 11.6 Å². The minimum atomic E-state index is -0.486. The number of rotatable bonds is 7. The van der Waals surface area contributed by atoms with Crippen LogP contribution in [0.3, 0.4) is 0 Å². The van der Waals surface area contributed by atoms with Crippen molar-refractivity contribution in [3.8, 4) is 5.75 Å². The summed E-state index contributed by atoms with van der Waals surface area (Å²) >= 11 is 0. The third kappa shape index (κ3) is 7.13. The predicted molar refractivity (Wildman–Crippen MR) is 144 cm³/mol. The molecule has 1 fully saturated rings. The van der Waals surface area contributed by atoms with Gasteiger partial charge in [-0.1, -0.05) is 13.8 Å². The molecule has 1 aromatic carbocycles. The molecule has 2 atom stereocenters. The fourth-order valence-corrected chi connectivity index (χ4v) is 4.11. The van der Waals surface area contributed by atoms with Gasteiger partial charge in [0.25, 0.3) is 0 Å². The van der Waals surface area contributed by atoms with Crippen LogP contribution in [0.2, 0.25) is 0 Å². The maximum Gasteiger partial charge on any atom is 0.312 e. The molecule has 1 saturated heterocycles. The number of anilines is 1. The molecule has 1 aliphatic rings. The standard InChI is InChI=1S/C25H31FN6O3.C2H6/c1-13-7-18(26)8-20(24(13)28)23(15(3)32-11-21(22(27)12-32)25(33)34-6)14(2)31-17(5)35-19-9-29-16(4)30-10-19;1-2/h7-10,21-22H,5,11-12,27-28H2,1-4,6H3;1-2H3/b23-15-,31-14-;. The van der Waals surface area contributed by atoms with E-state index in [0.717, 1.165) is 5.70 Å². The summed E-state index contributed by atoms with van der Waals surface area (Å²) in [6.07, 6.45) is 3.04. The highest BCUT2D eigenvalue weighted by atomic mass is 19.1. The number of methoxy groups -OCH3 is 1. The molecule has 2 unspecified atom stereocenters. The second kappa shape index (κ2) is 13.0. The Bertz CT molecular complexity index is 1190. The summed E-state index contributed by atoms with van der Waals surface area (Å²) < 4.78 is 25.0. The molecule has 4 N–H and O–H groups in total. The first kappa shape index (κ1) is 29.4. The predicted octanol–water partition coefficient (Wildman–Crippen LogP) is 4.02. The highest BCUT2D eigenvalue weighted by Crippen LogP contribution is 2.33. The van der Waals surface area contributed by atoms with Gasteiger partial charge in [0.2, 0.25) is 5.88 Å². The van der Waals surface area contributed by atoms with Gasteiger partial charge in [-0.05, 0) is 52.0 Å². The van der Waals surface area contributed by atoms with Crippen LogP contribution >= 0.6 is 0 Å². The summed E-state index contributed by atoms with van der Waals surface area (Å²) in [4.78, 5) is 26.8. The minimum Gasteiger partial charge on any atom is -0.469 e. The van der Waals surface area contributed by atoms with E-state index in [2.05, 4.69) is 21.5 Å². The lowest BCUT2D eigenvalue weighted by atomic mass is 9.95. The van der Waals surface area contributed by atoms with E-state index in [4.69, 9.17) is 20.9 Å². The molecule has 200 valence electrons. The maximum absolute atomic E-state index is 14.5. The average Bonchev–Trinajstić information content (AvgIpc) is 3.25. The number of nitrogen functional groups attached to an aromatic ring is 1. The molecular formula is C27H37FN6O3. The summed E-state index contributed by atoms with van der Waals surface area (Å²) in [7, 11) is 1.34. The van der Waals surface area contributed by atoms with E-state index in [1.165, 1.54) is 31.6 Å². The van der Waals surface area contributed by atoms with Gasteiger partial charge in [0.05, 0.1) is 31.1 Å². The van der Waals surface area contributed by atoms with Gasteiger partial charge < -0.3 is 25.8 Å². The molecular weight excluding hydrogens is 475 g/mol. The molecule has 9 nitrogen and oxygen atoms in total. The number of hydrogen-bond donors (Lipinski definition) is 2. The Morgan fingerprint density at radius 3 is 2.41 bits per heavy atom. The number of allylic oxidation sites excluding steroid dienone is 2. The van der Waals surface area contributed by atoms with Gasteiger partial charge in [-0.2, -0.15) is 0 Å². The van der Waals surface area contributed by atoms with E-state index in [1.807, 2.05) is 25.7 Å². The average molecular weight is 513 g/mol. The molecule has 0 spiro atoms. The van der Waals surface area contributed by atoms with E-state index < -0.39 is 17.8 Å². The third-order valence-electron chi connectivity index (χ3n) is 5.97. The van der Waals surface area contributed by atoms with Crippen molar-refractivity contribution in [2.24, 2.45) is 16.6 Å². The van der Waals surface area contributed by atoms with Crippen LogP contribution in [-0.4, -0.2) is 52.8 Å². The topological polar surface area (TPSA) is 129 Å². The van der Waals surface area contributed by atoms with Crippen LogP contribution in [0, 0.1) is 25.6 Å². The van der Waals surface area contributed by atoms with E-state index in [-0.39, 0.29) is 11.9 Å². The van der Waals surface area contributed by atoms with Gasteiger partial charge in [0.15, 0.2) is 5.75 Å².